The van der Waals surface area contributed by atoms with Gasteiger partial charge in [0, 0.05) is 13.1 Å². The number of aliphatic hydroxyl groups excluding tert-OH is 1. The minimum atomic E-state index is -4.33. The van der Waals surface area contributed by atoms with Crippen LogP contribution in [0.1, 0.15) is 29.2 Å². The summed E-state index contributed by atoms with van der Waals surface area (Å²) >= 11 is 0. The van der Waals surface area contributed by atoms with Crippen LogP contribution >= 0.6 is 0 Å². The van der Waals surface area contributed by atoms with Crippen LogP contribution in [-0.2, 0) is 6.18 Å². The van der Waals surface area contributed by atoms with Crippen LogP contribution in [0.5, 0.6) is 0 Å². The Morgan fingerprint density at radius 3 is 2.40 bits per heavy atom. The van der Waals surface area contributed by atoms with E-state index in [2.05, 4.69) is 4.90 Å². The first-order valence-corrected chi connectivity index (χ1v) is 8.25. The van der Waals surface area contributed by atoms with Gasteiger partial charge >= 0.3 is 6.18 Å². The summed E-state index contributed by atoms with van der Waals surface area (Å²) in [6.07, 6.45) is -1.71. The number of nitrogens with zero attached hydrogens (tertiary/aromatic N) is 1. The van der Waals surface area contributed by atoms with Gasteiger partial charge in [0.2, 0.25) is 0 Å². The SMILES string of the molecule is OCC(c1ccccc1)N1CC=C(c2cccc(C(F)(F)F)c2)CC1. The minimum Gasteiger partial charge on any atom is -0.394 e. The molecule has 1 aliphatic heterocycles. The van der Waals surface area contributed by atoms with Crippen molar-refractivity contribution in [2.24, 2.45) is 0 Å². The Balaban J connectivity index is 1.76. The highest BCUT2D eigenvalue weighted by Crippen LogP contribution is 2.33. The fourth-order valence-electron chi connectivity index (χ4n) is 3.23. The Kier molecular flexibility index (Phi) is 5.25. The van der Waals surface area contributed by atoms with E-state index in [9.17, 15) is 18.3 Å². The fourth-order valence-corrected chi connectivity index (χ4v) is 3.23. The summed E-state index contributed by atoms with van der Waals surface area (Å²) in [6.45, 7) is 1.31. The van der Waals surface area contributed by atoms with Gasteiger partial charge in [-0.15, -0.1) is 0 Å². The third kappa shape index (κ3) is 4.11. The van der Waals surface area contributed by atoms with Crippen molar-refractivity contribution in [2.75, 3.05) is 19.7 Å². The zero-order valence-electron chi connectivity index (χ0n) is 13.7. The average molecular weight is 347 g/mol. The first-order valence-electron chi connectivity index (χ1n) is 8.25. The lowest BCUT2D eigenvalue weighted by molar-refractivity contribution is -0.137. The van der Waals surface area contributed by atoms with Crippen molar-refractivity contribution in [1.29, 1.82) is 0 Å². The molecule has 0 fully saturated rings. The van der Waals surface area contributed by atoms with Gasteiger partial charge in [0.25, 0.3) is 0 Å². The molecule has 2 nitrogen and oxygen atoms in total. The molecule has 25 heavy (non-hydrogen) atoms. The highest BCUT2D eigenvalue weighted by atomic mass is 19.4. The lowest BCUT2D eigenvalue weighted by atomic mass is 9.96. The Labute approximate surface area is 145 Å². The van der Waals surface area contributed by atoms with Gasteiger partial charge in [-0.2, -0.15) is 13.2 Å². The number of rotatable bonds is 4. The van der Waals surface area contributed by atoms with Crippen LogP contribution in [0.3, 0.4) is 0 Å². The third-order valence-electron chi connectivity index (χ3n) is 4.60. The molecule has 0 bridgehead atoms. The number of aliphatic hydroxyl groups is 1. The van der Waals surface area contributed by atoms with E-state index >= 15 is 0 Å². The number of halogens is 3. The van der Waals surface area contributed by atoms with E-state index in [1.165, 1.54) is 12.1 Å². The maximum absolute atomic E-state index is 12.9. The average Bonchev–Trinajstić information content (AvgIpc) is 2.63. The first kappa shape index (κ1) is 17.7. The number of alkyl halides is 3. The second kappa shape index (κ2) is 7.42. The minimum absolute atomic E-state index is 0.0107. The number of benzene rings is 2. The summed E-state index contributed by atoms with van der Waals surface area (Å²) in [6, 6.07) is 15.1. The molecule has 1 atom stereocenters. The van der Waals surface area contributed by atoms with Crippen LogP contribution in [0.2, 0.25) is 0 Å². The van der Waals surface area contributed by atoms with Gasteiger partial charge in [-0.3, -0.25) is 4.90 Å². The summed E-state index contributed by atoms with van der Waals surface area (Å²) in [5, 5.41) is 9.75. The van der Waals surface area contributed by atoms with Crippen molar-refractivity contribution < 1.29 is 18.3 Å². The first-order chi connectivity index (χ1) is 12.0. The van der Waals surface area contributed by atoms with E-state index < -0.39 is 11.7 Å². The predicted molar refractivity (Wildman–Crippen MR) is 91.9 cm³/mol. The van der Waals surface area contributed by atoms with Crippen molar-refractivity contribution >= 4 is 5.57 Å². The smallest absolute Gasteiger partial charge is 0.394 e. The van der Waals surface area contributed by atoms with Crippen molar-refractivity contribution in [3.63, 3.8) is 0 Å². The van der Waals surface area contributed by atoms with Crippen molar-refractivity contribution in [3.05, 3.63) is 77.4 Å². The van der Waals surface area contributed by atoms with Crippen LogP contribution < -0.4 is 0 Å². The second-order valence-electron chi connectivity index (χ2n) is 6.16. The molecule has 2 aromatic rings. The van der Waals surface area contributed by atoms with Crippen LogP contribution in [0.15, 0.2) is 60.7 Å². The van der Waals surface area contributed by atoms with Crippen molar-refractivity contribution in [3.8, 4) is 0 Å². The van der Waals surface area contributed by atoms with Gasteiger partial charge in [0.1, 0.15) is 0 Å². The Hall–Kier alpha value is -2.11. The highest BCUT2D eigenvalue weighted by Gasteiger charge is 2.31. The highest BCUT2D eigenvalue weighted by molar-refractivity contribution is 5.67. The molecule has 1 unspecified atom stereocenters. The fraction of sp³-hybridized carbons (Fsp3) is 0.300. The number of hydrogen-bond acceptors (Lipinski definition) is 2. The molecule has 0 amide bonds. The summed E-state index contributed by atoms with van der Waals surface area (Å²) in [4.78, 5) is 2.15. The molecule has 0 aliphatic carbocycles. The van der Waals surface area contributed by atoms with Gasteiger partial charge in [0.15, 0.2) is 0 Å². The van der Waals surface area contributed by atoms with Gasteiger partial charge < -0.3 is 5.11 Å². The molecule has 132 valence electrons. The monoisotopic (exact) mass is 347 g/mol. The van der Waals surface area contributed by atoms with Gasteiger partial charge in [0.05, 0.1) is 18.2 Å². The third-order valence-corrected chi connectivity index (χ3v) is 4.60. The Morgan fingerprint density at radius 1 is 1.04 bits per heavy atom. The molecule has 2 aromatic carbocycles. The van der Waals surface area contributed by atoms with Gasteiger partial charge in [-0.1, -0.05) is 48.5 Å². The molecule has 0 saturated carbocycles. The largest absolute Gasteiger partial charge is 0.416 e. The quantitative estimate of drug-likeness (QED) is 0.878. The van der Waals surface area contributed by atoms with Crippen molar-refractivity contribution in [2.45, 2.75) is 18.6 Å². The molecular weight excluding hydrogens is 327 g/mol. The molecule has 1 aliphatic rings. The standard InChI is InChI=1S/C20H20F3NO/c21-20(22,23)18-8-4-7-17(13-18)15-9-11-24(12-10-15)19(14-25)16-5-2-1-3-6-16/h1-9,13,19,25H,10-12,14H2. The van der Waals surface area contributed by atoms with Crippen molar-refractivity contribution in [1.82, 2.24) is 4.90 Å². The van der Waals surface area contributed by atoms with Gasteiger partial charge in [-0.05, 0) is 35.3 Å². The summed E-state index contributed by atoms with van der Waals surface area (Å²) in [7, 11) is 0. The molecule has 1 N–H and O–H groups in total. The predicted octanol–water partition coefficient (Wildman–Crippen LogP) is 4.53. The summed E-state index contributed by atoms with van der Waals surface area (Å²) in [5.74, 6) is 0. The zero-order valence-corrected chi connectivity index (χ0v) is 13.7. The molecule has 0 aromatic heterocycles. The maximum Gasteiger partial charge on any atom is 0.416 e. The van der Waals surface area contributed by atoms with E-state index in [4.69, 9.17) is 0 Å². The molecule has 1 heterocycles. The van der Waals surface area contributed by atoms with Crippen LogP contribution in [0, 0.1) is 0 Å². The lowest BCUT2D eigenvalue weighted by Crippen LogP contribution is -2.34. The summed E-state index contributed by atoms with van der Waals surface area (Å²) < 4.78 is 38.6. The topological polar surface area (TPSA) is 23.5 Å². The summed E-state index contributed by atoms with van der Waals surface area (Å²) in [5.41, 5.74) is 1.97. The Bertz CT molecular complexity index is 740. The Morgan fingerprint density at radius 2 is 1.80 bits per heavy atom. The zero-order chi connectivity index (χ0) is 17.9. The van der Waals surface area contributed by atoms with Gasteiger partial charge in [-0.25, -0.2) is 0 Å². The molecule has 0 saturated heterocycles. The van der Waals surface area contributed by atoms with Crippen LogP contribution in [-0.4, -0.2) is 29.7 Å². The lowest BCUT2D eigenvalue weighted by Gasteiger charge is -2.33. The molecule has 5 heteroatoms. The molecule has 0 spiro atoms. The van der Waals surface area contributed by atoms with Crippen LogP contribution in [0.4, 0.5) is 13.2 Å². The number of hydrogen-bond donors (Lipinski definition) is 1. The maximum atomic E-state index is 12.9. The van der Waals surface area contributed by atoms with E-state index in [0.29, 0.717) is 25.1 Å². The molecule has 3 rings (SSSR count). The molecular formula is C20H20F3NO. The second-order valence-corrected chi connectivity index (χ2v) is 6.16. The van der Waals surface area contributed by atoms with E-state index in [0.717, 1.165) is 17.2 Å². The molecule has 0 radical (unpaired) electrons. The normalized spacial score (nSPS) is 17.2. The van der Waals surface area contributed by atoms with E-state index in [1.54, 1.807) is 6.07 Å². The van der Waals surface area contributed by atoms with Crippen LogP contribution in [0.25, 0.3) is 5.57 Å². The van der Waals surface area contributed by atoms with E-state index in [-0.39, 0.29) is 12.6 Å². The van der Waals surface area contributed by atoms with E-state index in [1.807, 2.05) is 36.4 Å².